The van der Waals surface area contributed by atoms with Gasteiger partial charge in [-0.2, -0.15) is 0 Å². The minimum Gasteiger partial charge on any atom is -0.481 e. The fourth-order valence-corrected chi connectivity index (χ4v) is 3.78. The molecule has 1 fully saturated rings. The summed E-state index contributed by atoms with van der Waals surface area (Å²) in [6.45, 7) is 1.70. The van der Waals surface area contributed by atoms with E-state index in [0.29, 0.717) is 12.8 Å². The van der Waals surface area contributed by atoms with E-state index in [1.165, 1.54) is 17.4 Å². The van der Waals surface area contributed by atoms with E-state index in [0.717, 1.165) is 15.1 Å². The van der Waals surface area contributed by atoms with Crippen molar-refractivity contribution >= 4 is 45.2 Å². The molecule has 20 heavy (non-hydrogen) atoms. The van der Waals surface area contributed by atoms with E-state index >= 15 is 0 Å². The van der Waals surface area contributed by atoms with Crippen LogP contribution in [0.25, 0.3) is 6.08 Å². The van der Waals surface area contributed by atoms with Crippen molar-refractivity contribution in [1.29, 1.82) is 0 Å². The largest absolute Gasteiger partial charge is 0.481 e. The monoisotopic (exact) mass is 357 g/mol. The Hall–Kier alpha value is -1.14. The molecular weight excluding hydrogens is 342 g/mol. The highest BCUT2D eigenvalue weighted by atomic mass is 79.9. The van der Waals surface area contributed by atoms with Crippen LogP contribution in [0.4, 0.5) is 0 Å². The predicted octanol–water partition coefficient (Wildman–Crippen LogP) is 3.28. The first-order chi connectivity index (χ1) is 9.41. The van der Waals surface area contributed by atoms with Crippen molar-refractivity contribution in [3.05, 3.63) is 26.9 Å². The number of amides is 1. The van der Waals surface area contributed by atoms with Crippen molar-refractivity contribution in [1.82, 2.24) is 5.32 Å². The van der Waals surface area contributed by atoms with E-state index in [4.69, 9.17) is 0 Å². The number of rotatable bonds is 4. The van der Waals surface area contributed by atoms with E-state index in [1.54, 1.807) is 13.0 Å². The quantitative estimate of drug-likeness (QED) is 0.812. The molecule has 1 saturated carbocycles. The number of aliphatic carboxylic acids is 1. The zero-order chi connectivity index (χ0) is 14.8. The number of halogens is 1. The SMILES string of the molecule is CC1(C(=O)O)CCCC1NC(=O)/C=C/c1ccc(Br)s1. The number of thiophene rings is 1. The Morgan fingerprint density at radius 2 is 2.30 bits per heavy atom. The van der Waals surface area contributed by atoms with Gasteiger partial charge in [0.15, 0.2) is 0 Å². The van der Waals surface area contributed by atoms with E-state index in [2.05, 4.69) is 21.2 Å². The minimum atomic E-state index is -0.852. The molecular formula is C14H16BrNO3S. The third-order valence-electron chi connectivity index (χ3n) is 3.76. The van der Waals surface area contributed by atoms with Crippen LogP contribution in [0, 0.1) is 5.41 Å². The summed E-state index contributed by atoms with van der Waals surface area (Å²) in [6.07, 6.45) is 5.34. The number of nitrogens with one attached hydrogen (secondary N) is 1. The molecule has 2 atom stereocenters. The van der Waals surface area contributed by atoms with Crippen molar-refractivity contribution in [3.8, 4) is 0 Å². The van der Waals surface area contributed by atoms with Crippen LogP contribution in [-0.2, 0) is 9.59 Å². The molecule has 2 N–H and O–H groups in total. The molecule has 108 valence electrons. The van der Waals surface area contributed by atoms with Gasteiger partial charge in [-0.1, -0.05) is 6.42 Å². The van der Waals surface area contributed by atoms with E-state index in [9.17, 15) is 14.7 Å². The molecule has 1 aliphatic carbocycles. The highest BCUT2D eigenvalue weighted by molar-refractivity contribution is 9.11. The van der Waals surface area contributed by atoms with E-state index in [1.807, 2.05) is 12.1 Å². The molecule has 0 saturated heterocycles. The molecule has 0 spiro atoms. The van der Waals surface area contributed by atoms with Crippen LogP contribution in [0.15, 0.2) is 22.0 Å². The average molecular weight is 358 g/mol. The van der Waals surface area contributed by atoms with Gasteiger partial charge in [-0.05, 0) is 53.9 Å². The molecule has 1 aromatic rings. The zero-order valence-corrected chi connectivity index (χ0v) is 13.5. The zero-order valence-electron chi connectivity index (χ0n) is 11.1. The lowest BCUT2D eigenvalue weighted by atomic mass is 9.85. The fourth-order valence-electron chi connectivity index (χ4n) is 2.45. The van der Waals surface area contributed by atoms with E-state index < -0.39 is 11.4 Å². The second-order valence-corrected chi connectivity index (χ2v) is 7.65. The maximum absolute atomic E-state index is 11.9. The topological polar surface area (TPSA) is 66.4 Å². The molecule has 1 aromatic heterocycles. The fraction of sp³-hybridized carbons (Fsp3) is 0.429. The summed E-state index contributed by atoms with van der Waals surface area (Å²) in [6, 6.07) is 3.53. The standard InChI is InChI=1S/C14H16BrNO3S/c1-14(13(18)19)8-2-3-10(14)16-12(17)7-5-9-4-6-11(15)20-9/h4-7,10H,2-3,8H2,1H3,(H,16,17)(H,18,19)/b7-5+. The van der Waals surface area contributed by atoms with Crippen LogP contribution in [0.2, 0.25) is 0 Å². The van der Waals surface area contributed by atoms with Crippen molar-refractivity contribution < 1.29 is 14.7 Å². The molecule has 0 aliphatic heterocycles. The molecule has 2 unspecified atom stereocenters. The molecule has 2 rings (SSSR count). The second kappa shape index (κ2) is 6.10. The van der Waals surface area contributed by atoms with Gasteiger partial charge in [-0.15, -0.1) is 11.3 Å². The Balaban J connectivity index is 1.98. The summed E-state index contributed by atoms with van der Waals surface area (Å²) < 4.78 is 1.01. The average Bonchev–Trinajstić information content (AvgIpc) is 2.95. The number of carbonyl (C=O) groups excluding carboxylic acids is 1. The van der Waals surface area contributed by atoms with Gasteiger partial charge in [0.1, 0.15) is 0 Å². The Labute approximate surface area is 130 Å². The van der Waals surface area contributed by atoms with Gasteiger partial charge in [-0.25, -0.2) is 0 Å². The van der Waals surface area contributed by atoms with Gasteiger partial charge in [0.05, 0.1) is 9.20 Å². The first kappa shape index (κ1) is 15.3. The maximum Gasteiger partial charge on any atom is 0.311 e. The van der Waals surface area contributed by atoms with Crippen LogP contribution in [0.3, 0.4) is 0 Å². The van der Waals surface area contributed by atoms with E-state index in [-0.39, 0.29) is 11.9 Å². The van der Waals surface area contributed by atoms with Crippen molar-refractivity contribution in [2.75, 3.05) is 0 Å². The molecule has 0 bridgehead atoms. The van der Waals surface area contributed by atoms with Gasteiger partial charge in [0.25, 0.3) is 0 Å². The lowest BCUT2D eigenvalue weighted by Gasteiger charge is -2.27. The third kappa shape index (κ3) is 3.30. The normalized spacial score (nSPS) is 26.0. The molecule has 1 heterocycles. The van der Waals surface area contributed by atoms with Crippen LogP contribution in [0.1, 0.15) is 31.1 Å². The molecule has 4 nitrogen and oxygen atoms in total. The highest BCUT2D eigenvalue weighted by Crippen LogP contribution is 2.38. The van der Waals surface area contributed by atoms with Crippen molar-refractivity contribution in [2.24, 2.45) is 5.41 Å². The molecule has 1 amide bonds. The number of carboxylic acid groups (broad SMARTS) is 1. The Morgan fingerprint density at radius 3 is 2.90 bits per heavy atom. The predicted molar refractivity (Wildman–Crippen MR) is 82.6 cm³/mol. The Bertz CT molecular complexity index is 554. The lowest BCUT2D eigenvalue weighted by molar-refractivity contribution is -0.148. The van der Waals surface area contributed by atoms with Gasteiger partial charge in [0, 0.05) is 17.0 Å². The van der Waals surface area contributed by atoms with Gasteiger partial charge in [-0.3, -0.25) is 9.59 Å². The first-order valence-corrected chi connectivity index (χ1v) is 8.00. The van der Waals surface area contributed by atoms with Gasteiger partial charge < -0.3 is 10.4 Å². The summed E-state index contributed by atoms with van der Waals surface area (Å²) in [4.78, 5) is 24.2. The smallest absolute Gasteiger partial charge is 0.311 e. The third-order valence-corrected chi connectivity index (χ3v) is 5.34. The number of hydrogen-bond donors (Lipinski definition) is 2. The first-order valence-electron chi connectivity index (χ1n) is 6.39. The summed E-state index contributed by atoms with van der Waals surface area (Å²) in [5, 5.41) is 12.1. The number of carbonyl (C=O) groups is 2. The lowest BCUT2D eigenvalue weighted by Crippen LogP contribution is -2.46. The van der Waals surface area contributed by atoms with Gasteiger partial charge >= 0.3 is 5.97 Å². The molecule has 1 aliphatic rings. The molecule has 0 aromatic carbocycles. The van der Waals surface area contributed by atoms with Crippen LogP contribution in [-0.4, -0.2) is 23.0 Å². The van der Waals surface area contributed by atoms with Crippen molar-refractivity contribution in [2.45, 2.75) is 32.2 Å². The summed E-state index contributed by atoms with van der Waals surface area (Å²) in [7, 11) is 0. The molecule has 0 radical (unpaired) electrons. The second-order valence-electron chi connectivity index (χ2n) is 5.15. The van der Waals surface area contributed by atoms with Crippen LogP contribution < -0.4 is 5.32 Å². The van der Waals surface area contributed by atoms with Crippen molar-refractivity contribution in [3.63, 3.8) is 0 Å². The Kier molecular flexibility index (Phi) is 4.65. The Morgan fingerprint density at radius 1 is 1.55 bits per heavy atom. The minimum absolute atomic E-state index is 0.242. The van der Waals surface area contributed by atoms with Gasteiger partial charge in [0.2, 0.25) is 5.91 Å². The summed E-state index contributed by atoms with van der Waals surface area (Å²) in [5.74, 6) is -1.08. The summed E-state index contributed by atoms with van der Waals surface area (Å²) >= 11 is 4.89. The van der Waals surface area contributed by atoms with Crippen LogP contribution in [0.5, 0.6) is 0 Å². The maximum atomic E-state index is 11.9. The molecule has 6 heteroatoms. The number of carboxylic acids is 1. The number of hydrogen-bond acceptors (Lipinski definition) is 3. The summed E-state index contributed by atoms with van der Waals surface area (Å²) in [5.41, 5.74) is -0.852. The van der Waals surface area contributed by atoms with Crippen LogP contribution >= 0.6 is 27.3 Å². The highest BCUT2D eigenvalue weighted by Gasteiger charge is 2.45.